The molecule has 0 saturated carbocycles. The molecule has 25 heavy (non-hydrogen) atoms. The number of nitrogens with zero attached hydrogens (tertiary/aromatic N) is 4. The molecule has 0 aromatic carbocycles. The number of hydrogen-bond donors (Lipinski definition) is 1. The maximum Gasteiger partial charge on any atom is 0.227 e. The van der Waals surface area contributed by atoms with Crippen molar-refractivity contribution < 1.29 is 4.79 Å². The Balaban J connectivity index is 1.75. The van der Waals surface area contributed by atoms with Crippen molar-refractivity contribution in [3.05, 3.63) is 29.3 Å². The van der Waals surface area contributed by atoms with Gasteiger partial charge in [-0.1, -0.05) is 20.8 Å². The van der Waals surface area contributed by atoms with Crippen molar-refractivity contribution >= 4 is 5.91 Å². The quantitative estimate of drug-likeness (QED) is 0.910. The highest BCUT2D eigenvalue weighted by molar-refractivity contribution is 5.81. The molecule has 6 nitrogen and oxygen atoms in total. The number of amides is 1. The van der Waals surface area contributed by atoms with Crippen molar-refractivity contribution in [1.29, 1.82) is 0 Å². The first kappa shape index (κ1) is 17.6. The van der Waals surface area contributed by atoms with Crippen molar-refractivity contribution in [2.45, 2.75) is 53.4 Å². The van der Waals surface area contributed by atoms with Crippen molar-refractivity contribution in [2.75, 3.05) is 13.1 Å². The first-order valence-electron chi connectivity index (χ1n) is 8.91. The molecule has 134 valence electrons. The zero-order valence-electron chi connectivity index (χ0n) is 15.8. The number of rotatable bonds is 2. The molecular weight excluding hydrogens is 314 g/mol. The van der Waals surface area contributed by atoms with E-state index in [0.29, 0.717) is 5.92 Å². The zero-order chi connectivity index (χ0) is 18.2. The predicted octanol–water partition coefficient (Wildman–Crippen LogP) is 3.24. The predicted molar refractivity (Wildman–Crippen MR) is 97.1 cm³/mol. The molecule has 1 aliphatic rings. The van der Waals surface area contributed by atoms with E-state index in [9.17, 15) is 4.79 Å². The maximum absolute atomic E-state index is 12.4. The molecule has 2 aromatic rings. The number of piperidine rings is 1. The van der Waals surface area contributed by atoms with Gasteiger partial charge in [-0.05, 0) is 38.8 Å². The number of aromatic amines is 1. The number of hydrogen-bond acceptors (Lipinski definition) is 4. The maximum atomic E-state index is 12.4. The van der Waals surface area contributed by atoms with E-state index < -0.39 is 0 Å². The summed E-state index contributed by atoms with van der Waals surface area (Å²) in [6.07, 6.45) is 1.81. The second-order valence-corrected chi connectivity index (χ2v) is 8.01. The van der Waals surface area contributed by atoms with E-state index in [0.717, 1.165) is 54.5 Å². The fourth-order valence-corrected chi connectivity index (χ4v) is 3.27. The Morgan fingerprint density at radius 3 is 2.36 bits per heavy atom. The molecular formula is C19H27N5O. The molecule has 6 heteroatoms. The van der Waals surface area contributed by atoms with Crippen molar-refractivity contribution in [3.63, 3.8) is 0 Å². The summed E-state index contributed by atoms with van der Waals surface area (Å²) in [5.74, 6) is 1.39. The molecule has 1 aliphatic heterocycles. The highest BCUT2D eigenvalue weighted by atomic mass is 16.2. The van der Waals surface area contributed by atoms with Gasteiger partial charge in [0.25, 0.3) is 0 Å². The summed E-state index contributed by atoms with van der Waals surface area (Å²) in [5, 5.41) is 7.27. The molecule has 0 spiro atoms. The third-order valence-corrected chi connectivity index (χ3v) is 4.63. The van der Waals surface area contributed by atoms with E-state index in [1.165, 1.54) is 0 Å². The lowest BCUT2D eigenvalue weighted by atomic mass is 9.90. The van der Waals surface area contributed by atoms with E-state index in [1.807, 2.05) is 51.7 Å². The van der Waals surface area contributed by atoms with Crippen LogP contribution in [0.1, 0.15) is 56.7 Å². The van der Waals surface area contributed by atoms with Crippen LogP contribution in [0, 0.1) is 19.3 Å². The molecule has 1 amide bonds. The minimum absolute atomic E-state index is 0.226. The van der Waals surface area contributed by atoms with Gasteiger partial charge in [0, 0.05) is 35.8 Å². The van der Waals surface area contributed by atoms with Gasteiger partial charge in [-0.15, -0.1) is 0 Å². The van der Waals surface area contributed by atoms with Crippen LogP contribution in [0.4, 0.5) is 0 Å². The molecule has 0 atom stereocenters. The van der Waals surface area contributed by atoms with Gasteiger partial charge in [0.15, 0.2) is 0 Å². The van der Waals surface area contributed by atoms with Gasteiger partial charge in [0.2, 0.25) is 5.91 Å². The number of aromatic nitrogens is 4. The fraction of sp³-hybridized carbons (Fsp3) is 0.579. The fourth-order valence-electron chi connectivity index (χ4n) is 3.27. The first-order valence-corrected chi connectivity index (χ1v) is 8.91. The second-order valence-electron chi connectivity index (χ2n) is 8.01. The monoisotopic (exact) mass is 341 g/mol. The number of aryl methyl sites for hydroxylation is 2. The van der Waals surface area contributed by atoms with Crippen LogP contribution in [0.2, 0.25) is 0 Å². The van der Waals surface area contributed by atoms with Crippen LogP contribution >= 0.6 is 0 Å². The van der Waals surface area contributed by atoms with Crippen LogP contribution in [-0.4, -0.2) is 44.1 Å². The van der Waals surface area contributed by atoms with Gasteiger partial charge in [0.05, 0.1) is 5.69 Å². The topological polar surface area (TPSA) is 74.8 Å². The van der Waals surface area contributed by atoms with Crippen molar-refractivity contribution in [2.24, 2.45) is 5.41 Å². The Labute approximate surface area is 149 Å². The Hall–Kier alpha value is -2.24. The Morgan fingerprint density at radius 1 is 1.12 bits per heavy atom. The van der Waals surface area contributed by atoms with Gasteiger partial charge >= 0.3 is 0 Å². The van der Waals surface area contributed by atoms with E-state index in [4.69, 9.17) is 4.98 Å². The van der Waals surface area contributed by atoms with Gasteiger partial charge in [-0.3, -0.25) is 9.89 Å². The van der Waals surface area contributed by atoms with Gasteiger partial charge in [-0.25, -0.2) is 9.97 Å². The lowest BCUT2D eigenvalue weighted by molar-refractivity contribution is -0.140. The Bertz CT molecular complexity index is 766. The molecule has 1 fully saturated rings. The van der Waals surface area contributed by atoms with E-state index in [1.54, 1.807) is 0 Å². The van der Waals surface area contributed by atoms with Gasteiger partial charge < -0.3 is 4.90 Å². The molecule has 0 bridgehead atoms. The number of H-pyrrole nitrogens is 1. The summed E-state index contributed by atoms with van der Waals surface area (Å²) >= 11 is 0. The van der Waals surface area contributed by atoms with Crippen molar-refractivity contribution in [3.8, 4) is 11.4 Å². The third kappa shape index (κ3) is 3.89. The van der Waals surface area contributed by atoms with Crippen LogP contribution in [-0.2, 0) is 4.79 Å². The van der Waals surface area contributed by atoms with Crippen molar-refractivity contribution in [1.82, 2.24) is 25.1 Å². The van der Waals surface area contributed by atoms with Crippen LogP contribution < -0.4 is 0 Å². The standard InChI is InChI=1S/C19H27N5O/c1-12-10-15(16-11-13(2)22-23-16)21-17(20-12)14-6-8-24(9-7-14)18(25)19(3,4)5/h10-11,14H,6-9H2,1-5H3,(H,22,23). The lowest BCUT2D eigenvalue weighted by Crippen LogP contribution is -2.43. The van der Waals surface area contributed by atoms with E-state index in [2.05, 4.69) is 15.2 Å². The molecule has 3 heterocycles. The number of likely N-dealkylation sites (tertiary alicyclic amines) is 1. The summed E-state index contributed by atoms with van der Waals surface area (Å²) in [5.41, 5.74) is 3.36. The minimum atomic E-state index is -0.322. The SMILES string of the molecule is Cc1cc(-c2cc(C)[nH]n2)nc(C2CCN(C(=O)C(C)(C)C)CC2)n1. The Morgan fingerprint density at radius 2 is 1.80 bits per heavy atom. The van der Waals surface area contributed by atoms with Gasteiger partial charge in [-0.2, -0.15) is 5.10 Å². The third-order valence-electron chi connectivity index (χ3n) is 4.63. The minimum Gasteiger partial charge on any atom is -0.342 e. The van der Waals surface area contributed by atoms with Crippen LogP contribution in [0.3, 0.4) is 0 Å². The Kier molecular flexibility index (Phi) is 4.62. The summed E-state index contributed by atoms with van der Waals surface area (Å²) in [6, 6.07) is 3.97. The lowest BCUT2D eigenvalue weighted by Gasteiger charge is -2.35. The molecule has 1 saturated heterocycles. The highest BCUT2D eigenvalue weighted by Gasteiger charge is 2.31. The number of nitrogens with one attached hydrogen (secondary N) is 1. The molecule has 0 aliphatic carbocycles. The summed E-state index contributed by atoms with van der Waals surface area (Å²) < 4.78 is 0. The highest BCUT2D eigenvalue weighted by Crippen LogP contribution is 2.29. The molecule has 0 unspecified atom stereocenters. The van der Waals surface area contributed by atoms with Gasteiger partial charge in [0.1, 0.15) is 11.5 Å². The second kappa shape index (κ2) is 6.58. The molecule has 3 rings (SSSR count). The number of carbonyl (C=O) groups is 1. The normalized spacial score (nSPS) is 16.3. The smallest absolute Gasteiger partial charge is 0.227 e. The number of carbonyl (C=O) groups excluding carboxylic acids is 1. The zero-order valence-corrected chi connectivity index (χ0v) is 15.8. The van der Waals surface area contributed by atoms with E-state index >= 15 is 0 Å². The first-order chi connectivity index (χ1) is 11.7. The molecule has 1 N–H and O–H groups in total. The van der Waals surface area contributed by atoms with Crippen LogP contribution in [0.25, 0.3) is 11.4 Å². The average molecular weight is 341 g/mol. The summed E-state index contributed by atoms with van der Waals surface area (Å²) in [4.78, 5) is 23.8. The van der Waals surface area contributed by atoms with Crippen LogP contribution in [0.5, 0.6) is 0 Å². The average Bonchev–Trinajstić information content (AvgIpc) is 2.99. The van der Waals surface area contributed by atoms with E-state index in [-0.39, 0.29) is 11.3 Å². The summed E-state index contributed by atoms with van der Waals surface area (Å²) in [6.45, 7) is 11.4. The van der Waals surface area contributed by atoms with Crippen LogP contribution in [0.15, 0.2) is 12.1 Å². The molecule has 0 radical (unpaired) electrons. The summed E-state index contributed by atoms with van der Waals surface area (Å²) in [7, 11) is 0. The largest absolute Gasteiger partial charge is 0.342 e. The molecule has 2 aromatic heterocycles.